The number of hydrogen-bond acceptors (Lipinski definition) is 2. The zero-order chi connectivity index (χ0) is 12.8. The molecule has 0 aliphatic carbocycles. The van der Waals surface area contributed by atoms with E-state index in [-0.39, 0.29) is 0 Å². The van der Waals surface area contributed by atoms with Gasteiger partial charge in [0, 0.05) is 5.56 Å². The zero-order valence-electron chi connectivity index (χ0n) is 10.1. The van der Waals surface area contributed by atoms with Crippen LogP contribution < -0.4 is 10.5 Å². The molecule has 18 heavy (non-hydrogen) atoms. The van der Waals surface area contributed by atoms with Gasteiger partial charge in [-0.15, -0.1) is 0 Å². The molecular weight excluding hydrogens is 246 g/mol. The first-order valence-electron chi connectivity index (χ1n) is 5.99. The van der Waals surface area contributed by atoms with Crippen molar-refractivity contribution in [3.05, 3.63) is 53.6 Å². The lowest BCUT2D eigenvalue weighted by Crippen LogP contribution is -2.06. The Kier molecular flexibility index (Phi) is 4.62. The lowest BCUT2D eigenvalue weighted by atomic mass is 10.1. The van der Waals surface area contributed by atoms with Gasteiger partial charge in [-0.25, -0.2) is 0 Å². The molecule has 0 spiro atoms. The van der Waals surface area contributed by atoms with Crippen LogP contribution >= 0.6 is 11.6 Å². The molecular formula is C15H16ClNO. The van der Waals surface area contributed by atoms with E-state index in [2.05, 4.69) is 0 Å². The molecule has 0 fully saturated rings. The van der Waals surface area contributed by atoms with Gasteiger partial charge in [0.1, 0.15) is 5.75 Å². The third-order valence-corrected chi connectivity index (χ3v) is 2.96. The van der Waals surface area contributed by atoms with Gasteiger partial charge >= 0.3 is 0 Å². The Balaban J connectivity index is 2.15. The summed E-state index contributed by atoms with van der Waals surface area (Å²) in [5.41, 5.74) is 7.54. The van der Waals surface area contributed by atoms with Crippen LogP contribution in [-0.2, 0) is 0 Å². The Hall–Kier alpha value is -1.51. The number of benzene rings is 2. The first-order valence-corrected chi connectivity index (χ1v) is 6.37. The molecule has 0 saturated heterocycles. The monoisotopic (exact) mass is 261 g/mol. The van der Waals surface area contributed by atoms with Crippen LogP contribution in [0.4, 0.5) is 0 Å². The van der Waals surface area contributed by atoms with Crippen molar-refractivity contribution in [1.29, 1.82) is 0 Å². The Labute approximate surface area is 112 Å². The van der Waals surface area contributed by atoms with Gasteiger partial charge in [0.2, 0.25) is 0 Å². The summed E-state index contributed by atoms with van der Waals surface area (Å²) in [5, 5.41) is 0.700. The maximum absolute atomic E-state index is 6.27. The maximum atomic E-state index is 6.27. The predicted molar refractivity (Wildman–Crippen MR) is 76.1 cm³/mol. The minimum absolute atomic E-state index is 0.623. The van der Waals surface area contributed by atoms with E-state index in [1.807, 2.05) is 48.5 Å². The maximum Gasteiger partial charge on any atom is 0.120 e. The fourth-order valence-corrected chi connectivity index (χ4v) is 1.99. The topological polar surface area (TPSA) is 35.2 Å². The normalized spacial score (nSPS) is 10.3. The molecule has 0 heterocycles. The highest BCUT2D eigenvalue weighted by Crippen LogP contribution is 2.30. The van der Waals surface area contributed by atoms with Crippen molar-refractivity contribution in [2.75, 3.05) is 13.2 Å². The average molecular weight is 262 g/mol. The molecule has 2 aromatic carbocycles. The van der Waals surface area contributed by atoms with Gasteiger partial charge in [-0.05, 0) is 36.7 Å². The van der Waals surface area contributed by atoms with Crippen molar-refractivity contribution >= 4 is 11.6 Å². The molecule has 0 aliphatic rings. The van der Waals surface area contributed by atoms with Gasteiger partial charge in [0.25, 0.3) is 0 Å². The van der Waals surface area contributed by atoms with E-state index in [1.54, 1.807) is 0 Å². The summed E-state index contributed by atoms with van der Waals surface area (Å²) in [6.07, 6.45) is 0.845. The second-order valence-electron chi connectivity index (χ2n) is 4.00. The van der Waals surface area contributed by atoms with Crippen molar-refractivity contribution in [1.82, 2.24) is 0 Å². The molecule has 2 rings (SSSR count). The van der Waals surface area contributed by atoms with E-state index in [1.165, 1.54) is 0 Å². The molecule has 0 saturated carbocycles. The van der Waals surface area contributed by atoms with E-state index in [0.717, 1.165) is 23.3 Å². The van der Waals surface area contributed by atoms with Crippen molar-refractivity contribution in [3.8, 4) is 16.9 Å². The molecule has 0 unspecified atom stereocenters. The van der Waals surface area contributed by atoms with Gasteiger partial charge in [-0.3, -0.25) is 0 Å². The smallest absolute Gasteiger partial charge is 0.120 e. The molecule has 94 valence electrons. The first-order chi connectivity index (χ1) is 8.81. The van der Waals surface area contributed by atoms with E-state index >= 15 is 0 Å². The standard InChI is InChI=1S/C15H16ClNO/c16-15-11-13(18-10-4-9-17)7-8-14(15)12-5-2-1-3-6-12/h1-3,5-8,11H,4,9-10,17H2. The van der Waals surface area contributed by atoms with Gasteiger partial charge in [0.05, 0.1) is 11.6 Å². The molecule has 2 aromatic rings. The lowest BCUT2D eigenvalue weighted by Gasteiger charge is -2.09. The van der Waals surface area contributed by atoms with Crippen LogP contribution in [0.25, 0.3) is 11.1 Å². The third-order valence-electron chi connectivity index (χ3n) is 2.64. The van der Waals surface area contributed by atoms with Crippen LogP contribution in [0.3, 0.4) is 0 Å². The summed E-state index contributed by atoms with van der Waals surface area (Å²) in [5.74, 6) is 0.785. The minimum atomic E-state index is 0.623. The van der Waals surface area contributed by atoms with E-state index in [0.29, 0.717) is 18.2 Å². The molecule has 3 heteroatoms. The summed E-state index contributed by atoms with van der Waals surface area (Å²) in [4.78, 5) is 0. The molecule has 0 aromatic heterocycles. The Morgan fingerprint density at radius 1 is 1.06 bits per heavy atom. The molecule has 0 radical (unpaired) electrons. The number of halogens is 1. The van der Waals surface area contributed by atoms with Crippen LogP contribution in [0.1, 0.15) is 6.42 Å². The predicted octanol–water partition coefficient (Wildman–Crippen LogP) is 3.73. The van der Waals surface area contributed by atoms with Crippen LogP contribution in [0.15, 0.2) is 48.5 Å². The fourth-order valence-electron chi connectivity index (χ4n) is 1.71. The average Bonchev–Trinajstić information content (AvgIpc) is 2.40. The van der Waals surface area contributed by atoms with Crippen molar-refractivity contribution in [3.63, 3.8) is 0 Å². The Morgan fingerprint density at radius 2 is 1.83 bits per heavy atom. The molecule has 0 aliphatic heterocycles. The number of hydrogen-bond donors (Lipinski definition) is 1. The first kappa shape index (κ1) is 12.9. The fraction of sp³-hybridized carbons (Fsp3) is 0.200. The largest absolute Gasteiger partial charge is 0.493 e. The Bertz CT molecular complexity index is 499. The molecule has 0 atom stereocenters. The van der Waals surface area contributed by atoms with Crippen molar-refractivity contribution in [2.24, 2.45) is 5.73 Å². The molecule has 2 nitrogen and oxygen atoms in total. The van der Waals surface area contributed by atoms with Gasteiger partial charge < -0.3 is 10.5 Å². The Morgan fingerprint density at radius 3 is 2.50 bits per heavy atom. The van der Waals surface area contributed by atoms with E-state index < -0.39 is 0 Å². The number of ether oxygens (including phenoxy) is 1. The van der Waals surface area contributed by atoms with Crippen LogP contribution in [0, 0.1) is 0 Å². The van der Waals surface area contributed by atoms with E-state index in [9.17, 15) is 0 Å². The summed E-state index contributed by atoms with van der Waals surface area (Å²) in [6, 6.07) is 15.8. The second-order valence-corrected chi connectivity index (χ2v) is 4.41. The lowest BCUT2D eigenvalue weighted by molar-refractivity contribution is 0.313. The van der Waals surface area contributed by atoms with Crippen LogP contribution in [-0.4, -0.2) is 13.2 Å². The van der Waals surface area contributed by atoms with Crippen LogP contribution in [0.2, 0.25) is 5.02 Å². The summed E-state index contributed by atoms with van der Waals surface area (Å²) in [7, 11) is 0. The SMILES string of the molecule is NCCCOc1ccc(-c2ccccc2)c(Cl)c1. The summed E-state index contributed by atoms with van der Waals surface area (Å²) < 4.78 is 5.55. The minimum Gasteiger partial charge on any atom is -0.493 e. The molecule has 0 bridgehead atoms. The third kappa shape index (κ3) is 3.25. The summed E-state index contributed by atoms with van der Waals surface area (Å²) >= 11 is 6.27. The number of nitrogens with two attached hydrogens (primary N) is 1. The van der Waals surface area contributed by atoms with Gasteiger partial charge in [0.15, 0.2) is 0 Å². The highest BCUT2D eigenvalue weighted by atomic mass is 35.5. The van der Waals surface area contributed by atoms with Crippen molar-refractivity contribution in [2.45, 2.75) is 6.42 Å². The summed E-state index contributed by atoms with van der Waals surface area (Å²) in [6.45, 7) is 1.26. The zero-order valence-corrected chi connectivity index (χ0v) is 10.9. The van der Waals surface area contributed by atoms with Crippen molar-refractivity contribution < 1.29 is 4.74 Å². The highest BCUT2D eigenvalue weighted by molar-refractivity contribution is 6.33. The van der Waals surface area contributed by atoms with Gasteiger partial charge in [-0.2, -0.15) is 0 Å². The molecule has 2 N–H and O–H groups in total. The second kappa shape index (κ2) is 6.43. The number of rotatable bonds is 5. The van der Waals surface area contributed by atoms with Crippen LogP contribution in [0.5, 0.6) is 5.75 Å². The quantitative estimate of drug-likeness (QED) is 0.833. The highest BCUT2D eigenvalue weighted by Gasteiger charge is 2.04. The van der Waals surface area contributed by atoms with Gasteiger partial charge in [-0.1, -0.05) is 41.9 Å². The van der Waals surface area contributed by atoms with E-state index in [4.69, 9.17) is 22.1 Å². The molecule has 0 amide bonds.